The van der Waals surface area contributed by atoms with Gasteiger partial charge in [-0.05, 0) is 13.3 Å². The lowest BCUT2D eigenvalue weighted by Crippen LogP contribution is -2.36. The fourth-order valence-corrected chi connectivity index (χ4v) is 4.93. The van der Waals surface area contributed by atoms with Gasteiger partial charge in [0.1, 0.15) is 0 Å². The van der Waals surface area contributed by atoms with Crippen molar-refractivity contribution in [3.8, 4) is 0 Å². The number of aryl methyl sites for hydroxylation is 1. The number of nitrogens with one attached hydrogen (secondary N) is 3. The fourth-order valence-electron chi connectivity index (χ4n) is 2.66. The molecule has 2 aromatic rings. The van der Waals surface area contributed by atoms with E-state index >= 15 is 0 Å². The van der Waals surface area contributed by atoms with E-state index in [2.05, 4.69) is 25.5 Å². The Morgan fingerprint density at radius 1 is 1.33 bits per heavy atom. The molecule has 3 N–H and O–H groups in total. The number of thioether (sulfide) groups is 1. The summed E-state index contributed by atoms with van der Waals surface area (Å²) in [4.78, 5) is 39.5. The minimum atomic E-state index is -3.06. The summed E-state index contributed by atoms with van der Waals surface area (Å²) in [6, 6.07) is -0.365. The molecule has 2 aromatic heterocycles. The van der Waals surface area contributed by atoms with E-state index < -0.39 is 21.1 Å². The van der Waals surface area contributed by atoms with Gasteiger partial charge in [0, 0.05) is 17.3 Å². The van der Waals surface area contributed by atoms with Crippen LogP contribution in [0.2, 0.25) is 0 Å². The monoisotopic (exact) mass is 415 g/mol. The first-order chi connectivity index (χ1) is 12.7. The molecule has 1 fully saturated rings. The summed E-state index contributed by atoms with van der Waals surface area (Å²) in [5.74, 6) is -0.116. The Bertz CT molecular complexity index is 1070. The van der Waals surface area contributed by atoms with Gasteiger partial charge in [-0.15, -0.1) is 10.2 Å². The molecule has 0 radical (unpaired) electrons. The number of sulfone groups is 1. The van der Waals surface area contributed by atoms with Crippen LogP contribution in [0.15, 0.2) is 19.2 Å². The second kappa shape index (κ2) is 7.68. The molecule has 13 heteroatoms. The molecule has 0 saturated carbocycles. The Labute approximate surface area is 157 Å². The van der Waals surface area contributed by atoms with Crippen molar-refractivity contribution in [2.75, 3.05) is 17.3 Å². The lowest BCUT2D eigenvalue weighted by molar-refractivity contribution is -0.119. The molecule has 1 aliphatic rings. The third kappa shape index (κ3) is 5.07. The summed E-state index contributed by atoms with van der Waals surface area (Å²) in [6.07, 6.45) is 0.453. The van der Waals surface area contributed by atoms with Gasteiger partial charge in [-0.25, -0.2) is 13.2 Å². The van der Waals surface area contributed by atoms with Crippen molar-refractivity contribution in [3.63, 3.8) is 0 Å². The van der Waals surface area contributed by atoms with Crippen LogP contribution < -0.4 is 16.6 Å². The third-order valence-electron chi connectivity index (χ3n) is 3.96. The number of hydrogen-bond acceptors (Lipinski definition) is 9. The summed E-state index contributed by atoms with van der Waals surface area (Å²) in [5.41, 5.74) is -0.421. The number of H-pyrrole nitrogens is 2. The van der Waals surface area contributed by atoms with Crippen LogP contribution in [0.1, 0.15) is 23.6 Å². The molecule has 146 valence electrons. The van der Waals surface area contributed by atoms with Crippen molar-refractivity contribution in [2.24, 2.45) is 0 Å². The van der Waals surface area contributed by atoms with Crippen molar-refractivity contribution in [2.45, 2.75) is 31.0 Å². The average Bonchev–Trinajstić information content (AvgIpc) is 3.15. The zero-order valence-corrected chi connectivity index (χ0v) is 15.9. The highest BCUT2D eigenvalue weighted by Crippen LogP contribution is 2.18. The van der Waals surface area contributed by atoms with Gasteiger partial charge >= 0.3 is 5.69 Å². The number of aromatic nitrogens is 4. The van der Waals surface area contributed by atoms with E-state index in [1.54, 1.807) is 6.92 Å². The van der Waals surface area contributed by atoms with E-state index in [0.29, 0.717) is 17.7 Å². The number of nitrogens with zero attached hydrogens (tertiary/aromatic N) is 2. The van der Waals surface area contributed by atoms with Crippen LogP contribution in [0.3, 0.4) is 0 Å². The third-order valence-corrected chi connectivity index (χ3v) is 6.54. The molecule has 1 unspecified atom stereocenters. The number of carbonyl (C=O) groups is 1. The van der Waals surface area contributed by atoms with Gasteiger partial charge in [0.2, 0.25) is 11.8 Å². The van der Waals surface area contributed by atoms with Crippen LogP contribution in [0.5, 0.6) is 0 Å². The van der Waals surface area contributed by atoms with Gasteiger partial charge in [-0.2, -0.15) is 0 Å². The largest absolute Gasteiger partial charge is 0.416 e. The quantitative estimate of drug-likeness (QED) is 0.488. The topological polar surface area (TPSA) is 168 Å². The van der Waals surface area contributed by atoms with Crippen LogP contribution in [0, 0.1) is 6.92 Å². The molecule has 1 saturated heterocycles. The molecule has 0 bridgehead atoms. The number of rotatable bonds is 6. The van der Waals surface area contributed by atoms with Crippen molar-refractivity contribution >= 4 is 27.5 Å². The van der Waals surface area contributed by atoms with Crippen molar-refractivity contribution in [3.05, 3.63) is 38.0 Å². The maximum Gasteiger partial charge on any atom is 0.325 e. The summed E-state index contributed by atoms with van der Waals surface area (Å²) in [5, 5.41) is 10.4. The normalized spacial score (nSPS) is 18.5. The molecular formula is C14H17N5O6S2. The Morgan fingerprint density at radius 3 is 2.78 bits per heavy atom. The lowest BCUT2D eigenvalue weighted by atomic mass is 10.2. The van der Waals surface area contributed by atoms with Crippen LogP contribution in [-0.2, 0) is 21.1 Å². The van der Waals surface area contributed by atoms with Crippen molar-refractivity contribution in [1.82, 2.24) is 25.5 Å². The lowest BCUT2D eigenvalue weighted by Gasteiger charge is -2.09. The van der Waals surface area contributed by atoms with Crippen molar-refractivity contribution < 1.29 is 17.6 Å². The first-order valence-corrected chi connectivity index (χ1v) is 10.8. The molecule has 0 spiro atoms. The second-order valence-corrected chi connectivity index (χ2v) is 9.26. The van der Waals surface area contributed by atoms with Gasteiger partial charge in [0.25, 0.3) is 10.8 Å². The summed E-state index contributed by atoms with van der Waals surface area (Å²) >= 11 is 1.01. The molecule has 3 heterocycles. The SMILES string of the molecule is Cc1[nH]c(=O)[nH]c(=O)c1Cc1nnc(SCC(=O)NC2CCS(=O)(=O)C2)o1. The highest BCUT2D eigenvalue weighted by molar-refractivity contribution is 7.99. The predicted molar refractivity (Wildman–Crippen MR) is 95.4 cm³/mol. The fraction of sp³-hybridized carbons (Fsp3) is 0.500. The summed E-state index contributed by atoms with van der Waals surface area (Å²) in [7, 11) is -3.06. The van der Waals surface area contributed by atoms with Crippen LogP contribution in [-0.4, -0.2) is 57.8 Å². The minimum Gasteiger partial charge on any atom is -0.416 e. The van der Waals surface area contributed by atoms with Gasteiger partial charge in [-0.1, -0.05) is 11.8 Å². The number of carbonyl (C=O) groups excluding carboxylic acids is 1. The molecule has 11 nitrogen and oxygen atoms in total. The Kier molecular flexibility index (Phi) is 5.51. The Balaban J connectivity index is 1.55. The van der Waals surface area contributed by atoms with E-state index in [-0.39, 0.29) is 46.7 Å². The van der Waals surface area contributed by atoms with E-state index in [0.717, 1.165) is 11.8 Å². The molecule has 1 atom stereocenters. The number of amides is 1. The molecule has 1 aliphatic heterocycles. The minimum absolute atomic E-state index is 0.00352. The number of aromatic amines is 2. The number of hydrogen-bond donors (Lipinski definition) is 3. The van der Waals surface area contributed by atoms with Crippen LogP contribution in [0.4, 0.5) is 0 Å². The summed E-state index contributed by atoms with van der Waals surface area (Å²) in [6.45, 7) is 1.59. The van der Waals surface area contributed by atoms with Gasteiger partial charge in [0.05, 0.1) is 23.7 Å². The second-order valence-electron chi connectivity index (χ2n) is 6.11. The van der Waals surface area contributed by atoms with Crippen LogP contribution in [0.25, 0.3) is 0 Å². The van der Waals surface area contributed by atoms with E-state index in [1.807, 2.05) is 0 Å². The zero-order valence-electron chi connectivity index (χ0n) is 14.3. The van der Waals surface area contributed by atoms with Crippen molar-refractivity contribution in [1.29, 1.82) is 0 Å². The average molecular weight is 415 g/mol. The van der Waals surface area contributed by atoms with E-state index in [1.165, 1.54) is 0 Å². The molecule has 3 rings (SSSR count). The van der Waals surface area contributed by atoms with Gasteiger partial charge < -0.3 is 14.7 Å². The van der Waals surface area contributed by atoms with Gasteiger partial charge in [-0.3, -0.25) is 14.6 Å². The molecule has 1 amide bonds. The predicted octanol–water partition coefficient (Wildman–Crippen LogP) is -1.26. The first kappa shape index (κ1) is 19.4. The van der Waals surface area contributed by atoms with Crippen LogP contribution >= 0.6 is 11.8 Å². The van der Waals surface area contributed by atoms with Gasteiger partial charge in [0.15, 0.2) is 9.84 Å². The zero-order chi connectivity index (χ0) is 19.6. The smallest absolute Gasteiger partial charge is 0.325 e. The molecule has 0 aromatic carbocycles. The maximum absolute atomic E-state index is 11.9. The maximum atomic E-state index is 11.9. The molecule has 0 aliphatic carbocycles. The standard InChI is InChI=1S/C14H17N5O6S2/c1-7-9(12(21)17-13(22)15-7)4-11-18-19-14(25-11)26-5-10(20)16-8-2-3-27(23,24)6-8/h8H,2-6H2,1H3,(H,16,20)(H2,15,17,21,22). The highest BCUT2D eigenvalue weighted by atomic mass is 32.2. The Morgan fingerprint density at radius 2 is 2.11 bits per heavy atom. The highest BCUT2D eigenvalue weighted by Gasteiger charge is 2.28. The summed E-state index contributed by atoms with van der Waals surface area (Å²) < 4.78 is 28.2. The Hall–Kier alpha value is -2.41. The molecular weight excluding hydrogens is 398 g/mol. The van der Waals surface area contributed by atoms with E-state index in [9.17, 15) is 22.8 Å². The molecule has 27 heavy (non-hydrogen) atoms. The first-order valence-electron chi connectivity index (χ1n) is 7.99. The van der Waals surface area contributed by atoms with E-state index in [4.69, 9.17) is 4.42 Å².